The molecular weight excluding hydrogens is 352 g/mol. The molecule has 2 aromatic carbocycles. The first-order valence-electron chi connectivity index (χ1n) is 8.52. The Labute approximate surface area is 159 Å². The first-order chi connectivity index (χ1) is 12.0. The van der Waals surface area contributed by atoms with Gasteiger partial charge in [-0.3, -0.25) is 4.79 Å². The van der Waals surface area contributed by atoms with Crippen LogP contribution in [0.5, 0.6) is 0 Å². The monoisotopic (exact) mass is 374 g/mol. The van der Waals surface area contributed by atoms with Crippen molar-refractivity contribution in [1.82, 2.24) is 4.90 Å². The third kappa shape index (κ3) is 4.50. The summed E-state index contributed by atoms with van der Waals surface area (Å²) in [4.78, 5) is 17.9. The third-order valence-electron chi connectivity index (χ3n) is 4.73. The quantitative estimate of drug-likeness (QED) is 0.741. The van der Waals surface area contributed by atoms with E-state index < -0.39 is 0 Å². The Morgan fingerprint density at radius 1 is 1.04 bits per heavy atom. The van der Waals surface area contributed by atoms with Crippen LogP contribution in [0.1, 0.15) is 11.1 Å². The maximum absolute atomic E-state index is 12.5. The van der Waals surface area contributed by atoms with Gasteiger partial charge in [-0.05, 0) is 55.3 Å². The van der Waals surface area contributed by atoms with Gasteiger partial charge in [0.25, 0.3) is 0 Å². The first kappa shape index (κ1) is 18.2. The maximum Gasteiger partial charge on any atom is 0.233 e. The van der Waals surface area contributed by atoms with Crippen LogP contribution in [0.4, 0.5) is 5.69 Å². The third-order valence-corrected chi connectivity index (χ3v) is 5.97. The normalized spacial score (nSPS) is 14.7. The number of anilines is 1. The second-order valence-corrected chi connectivity index (χ2v) is 7.81. The van der Waals surface area contributed by atoms with E-state index in [0.29, 0.717) is 5.75 Å². The number of carbonyl (C=O) groups is 1. The molecule has 3 nitrogen and oxygen atoms in total. The van der Waals surface area contributed by atoms with E-state index in [0.717, 1.165) is 36.1 Å². The van der Waals surface area contributed by atoms with Gasteiger partial charge in [0, 0.05) is 41.8 Å². The molecule has 1 saturated heterocycles. The minimum atomic E-state index is 0.209. The fraction of sp³-hybridized carbons (Fsp3) is 0.350. The number of thioether (sulfide) groups is 1. The molecule has 132 valence electrons. The Kier molecular flexibility index (Phi) is 5.92. The Balaban J connectivity index is 1.52. The van der Waals surface area contributed by atoms with Crippen LogP contribution in [-0.2, 0) is 4.79 Å². The Morgan fingerprint density at radius 3 is 2.40 bits per heavy atom. The van der Waals surface area contributed by atoms with Gasteiger partial charge in [0.1, 0.15) is 0 Å². The molecule has 0 aliphatic carbocycles. The van der Waals surface area contributed by atoms with E-state index in [9.17, 15) is 4.79 Å². The molecule has 5 heteroatoms. The highest BCUT2D eigenvalue weighted by molar-refractivity contribution is 8.00. The fourth-order valence-corrected chi connectivity index (χ4v) is 3.97. The molecule has 0 atom stereocenters. The average molecular weight is 375 g/mol. The Bertz CT molecular complexity index is 740. The summed E-state index contributed by atoms with van der Waals surface area (Å²) in [5.74, 6) is 0.686. The van der Waals surface area contributed by atoms with E-state index in [1.807, 2.05) is 29.2 Å². The van der Waals surface area contributed by atoms with E-state index >= 15 is 0 Å². The van der Waals surface area contributed by atoms with Crippen LogP contribution in [0.25, 0.3) is 0 Å². The summed E-state index contributed by atoms with van der Waals surface area (Å²) in [5, 5.41) is 0.721. The summed E-state index contributed by atoms with van der Waals surface area (Å²) < 4.78 is 0. The van der Waals surface area contributed by atoms with Crippen LogP contribution in [0, 0.1) is 13.8 Å². The molecule has 0 unspecified atom stereocenters. The molecule has 1 amide bonds. The fourth-order valence-electron chi connectivity index (χ4n) is 3.04. The van der Waals surface area contributed by atoms with Crippen molar-refractivity contribution >= 4 is 35.0 Å². The number of aryl methyl sites for hydroxylation is 1. The second kappa shape index (κ2) is 8.15. The molecule has 1 aliphatic rings. The van der Waals surface area contributed by atoms with Crippen molar-refractivity contribution in [2.45, 2.75) is 18.7 Å². The molecule has 0 N–H and O–H groups in total. The highest BCUT2D eigenvalue weighted by Gasteiger charge is 2.22. The molecular formula is C20H23ClN2OS. The van der Waals surface area contributed by atoms with Crippen LogP contribution in [0.2, 0.25) is 5.02 Å². The van der Waals surface area contributed by atoms with Crippen molar-refractivity contribution in [3.8, 4) is 0 Å². The number of hydrogen-bond acceptors (Lipinski definition) is 3. The van der Waals surface area contributed by atoms with Gasteiger partial charge in [-0.1, -0.05) is 23.7 Å². The molecule has 2 aromatic rings. The average Bonchev–Trinajstić information content (AvgIpc) is 2.63. The number of rotatable bonds is 4. The summed E-state index contributed by atoms with van der Waals surface area (Å²) in [6.07, 6.45) is 0. The van der Waals surface area contributed by atoms with E-state index in [1.165, 1.54) is 16.8 Å². The molecule has 1 aliphatic heterocycles. The standard InChI is InChI=1S/C20H23ClN2OS/c1-15-4-3-5-19(16(15)2)22-10-12-23(13-11-22)20(24)14-25-18-8-6-17(21)7-9-18/h3-9H,10-14H2,1-2H3. The summed E-state index contributed by atoms with van der Waals surface area (Å²) >= 11 is 7.46. The lowest BCUT2D eigenvalue weighted by Crippen LogP contribution is -2.49. The Morgan fingerprint density at radius 2 is 1.72 bits per heavy atom. The van der Waals surface area contributed by atoms with Crippen molar-refractivity contribution in [3.63, 3.8) is 0 Å². The summed E-state index contributed by atoms with van der Waals surface area (Å²) in [5.41, 5.74) is 3.94. The maximum atomic E-state index is 12.5. The number of nitrogens with zero attached hydrogens (tertiary/aromatic N) is 2. The lowest BCUT2D eigenvalue weighted by molar-refractivity contribution is -0.128. The van der Waals surface area contributed by atoms with Crippen LogP contribution in [-0.4, -0.2) is 42.7 Å². The van der Waals surface area contributed by atoms with Gasteiger partial charge in [-0.15, -0.1) is 11.8 Å². The zero-order valence-electron chi connectivity index (χ0n) is 14.7. The minimum Gasteiger partial charge on any atom is -0.368 e. The van der Waals surface area contributed by atoms with Gasteiger partial charge in [-0.2, -0.15) is 0 Å². The molecule has 0 aromatic heterocycles. The highest BCUT2D eigenvalue weighted by atomic mass is 35.5. The number of benzene rings is 2. The van der Waals surface area contributed by atoms with Crippen molar-refractivity contribution in [1.29, 1.82) is 0 Å². The summed E-state index contributed by atoms with van der Waals surface area (Å²) in [7, 11) is 0. The number of hydrogen-bond donors (Lipinski definition) is 0. The SMILES string of the molecule is Cc1cccc(N2CCN(C(=O)CSc3ccc(Cl)cc3)CC2)c1C. The van der Waals surface area contributed by atoms with E-state index in [1.54, 1.807) is 11.8 Å². The topological polar surface area (TPSA) is 23.6 Å². The van der Waals surface area contributed by atoms with Crippen molar-refractivity contribution < 1.29 is 4.79 Å². The lowest BCUT2D eigenvalue weighted by atomic mass is 10.1. The zero-order chi connectivity index (χ0) is 17.8. The number of amides is 1. The predicted octanol–water partition coefficient (Wildman–Crippen LogP) is 4.40. The van der Waals surface area contributed by atoms with Crippen LogP contribution in [0.3, 0.4) is 0 Å². The molecule has 3 rings (SSSR count). The predicted molar refractivity (Wildman–Crippen MR) is 107 cm³/mol. The largest absolute Gasteiger partial charge is 0.368 e. The highest BCUT2D eigenvalue weighted by Crippen LogP contribution is 2.25. The van der Waals surface area contributed by atoms with Gasteiger partial charge in [-0.25, -0.2) is 0 Å². The lowest BCUT2D eigenvalue weighted by Gasteiger charge is -2.37. The van der Waals surface area contributed by atoms with E-state index in [-0.39, 0.29) is 5.91 Å². The van der Waals surface area contributed by atoms with Crippen LogP contribution in [0.15, 0.2) is 47.4 Å². The number of piperazine rings is 1. The van der Waals surface area contributed by atoms with Crippen molar-refractivity contribution in [2.24, 2.45) is 0 Å². The van der Waals surface area contributed by atoms with Crippen LogP contribution >= 0.6 is 23.4 Å². The zero-order valence-corrected chi connectivity index (χ0v) is 16.2. The molecule has 1 heterocycles. The van der Waals surface area contributed by atoms with Crippen molar-refractivity contribution in [3.05, 3.63) is 58.6 Å². The molecule has 0 bridgehead atoms. The van der Waals surface area contributed by atoms with Crippen molar-refractivity contribution in [2.75, 3.05) is 36.8 Å². The first-order valence-corrected chi connectivity index (χ1v) is 9.88. The Hall–Kier alpha value is -1.65. The van der Waals surface area contributed by atoms with E-state index in [2.05, 4.69) is 36.9 Å². The molecule has 1 fully saturated rings. The van der Waals surface area contributed by atoms with Gasteiger partial charge in [0.05, 0.1) is 5.75 Å². The second-order valence-electron chi connectivity index (χ2n) is 6.33. The minimum absolute atomic E-state index is 0.209. The molecule has 25 heavy (non-hydrogen) atoms. The number of carbonyl (C=O) groups excluding carboxylic acids is 1. The number of halogens is 1. The molecule has 0 spiro atoms. The smallest absolute Gasteiger partial charge is 0.233 e. The molecule has 0 radical (unpaired) electrons. The summed E-state index contributed by atoms with van der Waals surface area (Å²) in [6.45, 7) is 7.67. The van der Waals surface area contributed by atoms with Gasteiger partial charge >= 0.3 is 0 Å². The molecule has 0 saturated carbocycles. The van der Waals surface area contributed by atoms with E-state index in [4.69, 9.17) is 11.6 Å². The van der Waals surface area contributed by atoms with Gasteiger partial charge < -0.3 is 9.80 Å². The van der Waals surface area contributed by atoms with Gasteiger partial charge in [0.15, 0.2) is 0 Å². The summed E-state index contributed by atoms with van der Waals surface area (Å²) in [6, 6.07) is 14.1. The van der Waals surface area contributed by atoms with Crippen LogP contribution < -0.4 is 4.90 Å². The van der Waals surface area contributed by atoms with Gasteiger partial charge in [0.2, 0.25) is 5.91 Å².